The lowest BCUT2D eigenvalue weighted by molar-refractivity contribution is 0.569. The highest BCUT2D eigenvalue weighted by Crippen LogP contribution is 2.31. The van der Waals surface area contributed by atoms with Crippen LogP contribution in [-0.2, 0) is 10.8 Å². The van der Waals surface area contributed by atoms with E-state index in [0.717, 1.165) is 5.69 Å². The molecule has 0 aliphatic rings. The Morgan fingerprint density at radius 1 is 0.944 bits per heavy atom. The number of hydrogen-bond donors (Lipinski definition) is 1. The van der Waals surface area contributed by atoms with Gasteiger partial charge in [0.2, 0.25) is 0 Å². The van der Waals surface area contributed by atoms with Crippen LogP contribution in [0.15, 0.2) is 18.2 Å². The SMILES string of the molecule is C#CCNc1cc(C(C)(C)C)cc(C(C)(C)C)c1. The first-order valence-corrected chi connectivity index (χ1v) is 6.48. The van der Waals surface area contributed by atoms with E-state index in [0.29, 0.717) is 6.54 Å². The van der Waals surface area contributed by atoms with E-state index >= 15 is 0 Å². The van der Waals surface area contributed by atoms with Crippen molar-refractivity contribution >= 4 is 5.69 Å². The molecule has 0 unspecified atom stereocenters. The summed E-state index contributed by atoms with van der Waals surface area (Å²) in [6.45, 7) is 14.0. The number of benzene rings is 1. The molecule has 0 aromatic heterocycles. The van der Waals surface area contributed by atoms with Crippen LogP contribution >= 0.6 is 0 Å². The van der Waals surface area contributed by atoms with Gasteiger partial charge in [-0.15, -0.1) is 6.42 Å². The predicted molar refractivity (Wildman–Crippen MR) is 81.2 cm³/mol. The summed E-state index contributed by atoms with van der Waals surface area (Å²) in [4.78, 5) is 0. The Balaban J connectivity index is 3.26. The van der Waals surface area contributed by atoms with E-state index in [1.54, 1.807) is 0 Å². The van der Waals surface area contributed by atoms with Gasteiger partial charge in [-0.25, -0.2) is 0 Å². The first kappa shape index (κ1) is 14.6. The summed E-state index contributed by atoms with van der Waals surface area (Å²) >= 11 is 0. The van der Waals surface area contributed by atoms with Crippen molar-refractivity contribution in [3.63, 3.8) is 0 Å². The molecular weight excluding hydrogens is 218 g/mol. The lowest BCUT2D eigenvalue weighted by atomic mass is 9.80. The summed E-state index contributed by atoms with van der Waals surface area (Å²) in [5, 5.41) is 3.28. The zero-order valence-electron chi connectivity index (χ0n) is 12.5. The first-order valence-electron chi connectivity index (χ1n) is 6.48. The Hall–Kier alpha value is -1.42. The van der Waals surface area contributed by atoms with E-state index in [4.69, 9.17) is 6.42 Å². The normalized spacial score (nSPS) is 12.1. The largest absolute Gasteiger partial charge is 0.374 e. The molecule has 0 aliphatic heterocycles. The average molecular weight is 243 g/mol. The van der Waals surface area contributed by atoms with Gasteiger partial charge in [0.05, 0.1) is 6.54 Å². The summed E-state index contributed by atoms with van der Waals surface area (Å²) in [6.07, 6.45) is 5.31. The van der Waals surface area contributed by atoms with Crippen LogP contribution in [0.3, 0.4) is 0 Å². The Kier molecular flexibility index (Phi) is 4.12. The van der Waals surface area contributed by atoms with Crippen molar-refractivity contribution in [2.45, 2.75) is 52.4 Å². The smallest absolute Gasteiger partial charge is 0.0763 e. The highest BCUT2D eigenvalue weighted by Gasteiger charge is 2.20. The van der Waals surface area contributed by atoms with Gasteiger partial charge in [0.15, 0.2) is 0 Å². The minimum absolute atomic E-state index is 0.147. The molecule has 1 N–H and O–H groups in total. The van der Waals surface area contributed by atoms with Crippen LogP contribution in [0.5, 0.6) is 0 Å². The Morgan fingerprint density at radius 3 is 1.72 bits per heavy atom. The molecule has 1 rings (SSSR count). The van der Waals surface area contributed by atoms with Crippen molar-refractivity contribution in [2.24, 2.45) is 0 Å². The summed E-state index contributed by atoms with van der Waals surface area (Å²) in [5.41, 5.74) is 4.09. The summed E-state index contributed by atoms with van der Waals surface area (Å²) < 4.78 is 0. The minimum atomic E-state index is 0.147. The quantitative estimate of drug-likeness (QED) is 0.762. The van der Waals surface area contributed by atoms with Crippen molar-refractivity contribution in [1.29, 1.82) is 0 Å². The molecule has 0 saturated carbocycles. The Bertz CT molecular complexity index is 418. The highest BCUT2D eigenvalue weighted by atomic mass is 14.8. The Morgan fingerprint density at radius 2 is 1.39 bits per heavy atom. The fourth-order valence-electron chi connectivity index (χ4n) is 1.75. The molecule has 0 aliphatic carbocycles. The maximum absolute atomic E-state index is 5.31. The number of hydrogen-bond acceptors (Lipinski definition) is 1. The van der Waals surface area contributed by atoms with E-state index < -0.39 is 0 Å². The topological polar surface area (TPSA) is 12.0 Å². The van der Waals surface area contributed by atoms with Crippen LogP contribution in [-0.4, -0.2) is 6.54 Å². The molecule has 0 saturated heterocycles. The van der Waals surface area contributed by atoms with Gasteiger partial charge in [0.25, 0.3) is 0 Å². The van der Waals surface area contributed by atoms with Crippen molar-refractivity contribution in [2.75, 3.05) is 11.9 Å². The maximum atomic E-state index is 5.31. The lowest BCUT2D eigenvalue weighted by Crippen LogP contribution is -2.17. The van der Waals surface area contributed by atoms with Gasteiger partial charge < -0.3 is 5.32 Å². The van der Waals surface area contributed by atoms with E-state index in [2.05, 4.69) is 71.0 Å². The van der Waals surface area contributed by atoms with Crippen LogP contribution in [0.2, 0.25) is 0 Å². The fourth-order valence-corrected chi connectivity index (χ4v) is 1.75. The second-order valence-electron chi connectivity index (χ2n) is 6.86. The third-order valence-corrected chi connectivity index (χ3v) is 3.06. The van der Waals surface area contributed by atoms with Crippen LogP contribution < -0.4 is 5.32 Å². The van der Waals surface area contributed by atoms with Crippen LogP contribution in [0.25, 0.3) is 0 Å². The number of rotatable bonds is 2. The van der Waals surface area contributed by atoms with Gasteiger partial charge in [-0.05, 0) is 34.1 Å². The van der Waals surface area contributed by atoms with E-state index in [1.807, 2.05) is 0 Å². The lowest BCUT2D eigenvalue weighted by Gasteiger charge is -2.26. The summed E-state index contributed by atoms with van der Waals surface area (Å²) in [6, 6.07) is 6.71. The zero-order valence-corrected chi connectivity index (χ0v) is 12.5. The summed E-state index contributed by atoms with van der Waals surface area (Å²) in [7, 11) is 0. The number of terminal acetylenes is 1. The predicted octanol–water partition coefficient (Wildman–Crippen LogP) is 4.33. The van der Waals surface area contributed by atoms with Crippen molar-refractivity contribution in [3.05, 3.63) is 29.3 Å². The zero-order chi connectivity index (χ0) is 14.0. The molecule has 0 radical (unpaired) electrons. The van der Waals surface area contributed by atoms with Crippen molar-refractivity contribution in [1.82, 2.24) is 0 Å². The second-order valence-corrected chi connectivity index (χ2v) is 6.86. The van der Waals surface area contributed by atoms with Gasteiger partial charge in [0.1, 0.15) is 0 Å². The molecule has 1 nitrogen and oxygen atoms in total. The fraction of sp³-hybridized carbons (Fsp3) is 0.529. The number of anilines is 1. The average Bonchev–Trinajstić information content (AvgIpc) is 2.23. The molecular formula is C17H25N. The van der Waals surface area contributed by atoms with Gasteiger partial charge in [-0.2, -0.15) is 0 Å². The molecule has 0 heterocycles. The van der Waals surface area contributed by atoms with E-state index in [1.165, 1.54) is 11.1 Å². The van der Waals surface area contributed by atoms with Gasteiger partial charge in [-0.1, -0.05) is 53.5 Å². The molecule has 18 heavy (non-hydrogen) atoms. The Labute approximate surface area is 112 Å². The maximum Gasteiger partial charge on any atom is 0.0763 e. The van der Waals surface area contributed by atoms with Gasteiger partial charge >= 0.3 is 0 Å². The van der Waals surface area contributed by atoms with Gasteiger partial charge in [-0.3, -0.25) is 0 Å². The van der Waals surface area contributed by atoms with Gasteiger partial charge in [0, 0.05) is 5.69 Å². The molecule has 0 amide bonds. The number of nitrogens with one attached hydrogen (secondary N) is 1. The second kappa shape index (κ2) is 5.06. The molecule has 0 bridgehead atoms. The highest BCUT2D eigenvalue weighted by molar-refractivity contribution is 5.52. The van der Waals surface area contributed by atoms with E-state index in [9.17, 15) is 0 Å². The molecule has 1 aromatic carbocycles. The minimum Gasteiger partial charge on any atom is -0.374 e. The first-order chi connectivity index (χ1) is 8.14. The van der Waals surface area contributed by atoms with Crippen LogP contribution in [0.1, 0.15) is 52.7 Å². The molecule has 1 heteroatoms. The van der Waals surface area contributed by atoms with Crippen LogP contribution in [0.4, 0.5) is 5.69 Å². The van der Waals surface area contributed by atoms with Crippen molar-refractivity contribution < 1.29 is 0 Å². The monoisotopic (exact) mass is 243 g/mol. The van der Waals surface area contributed by atoms with Crippen molar-refractivity contribution in [3.8, 4) is 12.3 Å². The third kappa shape index (κ3) is 3.81. The van der Waals surface area contributed by atoms with Crippen LogP contribution in [0, 0.1) is 12.3 Å². The molecule has 0 atom stereocenters. The molecule has 0 spiro atoms. The molecule has 98 valence electrons. The van der Waals surface area contributed by atoms with E-state index in [-0.39, 0.29) is 10.8 Å². The summed E-state index contributed by atoms with van der Waals surface area (Å²) in [5.74, 6) is 2.62. The molecule has 0 fully saturated rings. The third-order valence-electron chi connectivity index (χ3n) is 3.06. The standard InChI is InChI=1S/C17H25N/c1-8-9-18-15-11-13(16(2,3)4)10-14(12-15)17(5,6)7/h1,10-12,18H,9H2,2-7H3. The molecule has 1 aromatic rings.